The summed E-state index contributed by atoms with van der Waals surface area (Å²) >= 11 is 0. The number of carboxylic acid groups (broad SMARTS) is 1. The second kappa shape index (κ2) is 8.10. The lowest BCUT2D eigenvalue weighted by molar-refractivity contribution is -0.138. The van der Waals surface area contributed by atoms with Crippen molar-refractivity contribution in [2.24, 2.45) is 0 Å². The fourth-order valence-corrected chi connectivity index (χ4v) is 1.23. The van der Waals surface area contributed by atoms with Crippen LogP contribution in [-0.4, -0.2) is 47.7 Å². The van der Waals surface area contributed by atoms with Crippen LogP contribution in [0.5, 0.6) is 0 Å². The van der Waals surface area contributed by atoms with Crippen LogP contribution < -0.4 is 0 Å². The van der Waals surface area contributed by atoms with E-state index in [9.17, 15) is 9.59 Å². The average molecular weight is 231 g/mol. The Balaban J connectivity index is 3.86. The fraction of sp³-hybridized carbons (Fsp3) is 0.818. The monoisotopic (exact) mass is 231 g/mol. The van der Waals surface area contributed by atoms with Crippen LogP contribution in [0.1, 0.15) is 33.6 Å². The molecular weight excluding hydrogens is 210 g/mol. The Bertz CT molecular complexity index is 228. The summed E-state index contributed by atoms with van der Waals surface area (Å²) in [7, 11) is 0. The van der Waals surface area contributed by atoms with E-state index < -0.39 is 5.97 Å². The van der Waals surface area contributed by atoms with E-state index in [0.29, 0.717) is 19.6 Å². The zero-order valence-corrected chi connectivity index (χ0v) is 10.2. The zero-order valence-electron chi connectivity index (χ0n) is 10.2. The van der Waals surface area contributed by atoms with Crippen LogP contribution in [0.25, 0.3) is 0 Å². The van der Waals surface area contributed by atoms with Gasteiger partial charge in [0.2, 0.25) is 5.91 Å². The Labute approximate surface area is 96.4 Å². The van der Waals surface area contributed by atoms with Crippen molar-refractivity contribution in [2.75, 3.05) is 19.7 Å². The predicted octanol–water partition coefficient (Wildman–Crippen LogP) is 1.12. The van der Waals surface area contributed by atoms with E-state index in [2.05, 4.69) is 0 Å². The molecule has 0 atom stereocenters. The maximum absolute atomic E-state index is 11.6. The summed E-state index contributed by atoms with van der Waals surface area (Å²) < 4.78 is 5.27. The highest BCUT2D eigenvalue weighted by Crippen LogP contribution is 1.98. The van der Waals surface area contributed by atoms with Crippen LogP contribution in [0, 0.1) is 0 Å². The van der Waals surface area contributed by atoms with Crippen LogP contribution in [-0.2, 0) is 14.3 Å². The van der Waals surface area contributed by atoms with Crippen molar-refractivity contribution in [3.05, 3.63) is 0 Å². The lowest BCUT2D eigenvalue weighted by Gasteiger charge is -2.20. The molecule has 1 amide bonds. The molecule has 0 aliphatic carbocycles. The van der Waals surface area contributed by atoms with E-state index in [-0.39, 0.29) is 25.0 Å². The molecule has 5 nitrogen and oxygen atoms in total. The summed E-state index contributed by atoms with van der Waals surface area (Å²) in [6, 6.07) is 0. The molecule has 5 heteroatoms. The summed E-state index contributed by atoms with van der Waals surface area (Å²) in [4.78, 5) is 23.5. The highest BCUT2D eigenvalue weighted by Gasteiger charge is 2.12. The quantitative estimate of drug-likeness (QED) is 0.680. The van der Waals surface area contributed by atoms with Gasteiger partial charge in [-0.2, -0.15) is 0 Å². The molecule has 0 aliphatic heterocycles. The fourth-order valence-electron chi connectivity index (χ4n) is 1.23. The van der Waals surface area contributed by atoms with Crippen molar-refractivity contribution in [2.45, 2.75) is 39.7 Å². The highest BCUT2D eigenvalue weighted by molar-refractivity contribution is 5.77. The van der Waals surface area contributed by atoms with Gasteiger partial charge in [-0.05, 0) is 20.8 Å². The Morgan fingerprint density at radius 2 is 1.94 bits per heavy atom. The molecule has 0 aromatic rings. The normalized spacial score (nSPS) is 10.5. The average Bonchev–Trinajstić information content (AvgIpc) is 2.17. The SMILES string of the molecule is CCN(CCC(=O)O)C(=O)CCOC(C)C. The standard InChI is InChI=1S/C11H21NO4/c1-4-12(7-5-11(14)15)10(13)6-8-16-9(2)3/h9H,4-8H2,1-3H3,(H,14,15). The van der Waals surface area contributed by atoms with Crippen LogP contribution >= 0.6 is 0 Å². The van der Waals surface area contributed by atoms with Crippen molar-refractivity contribution in [1.82, 2.24) is 4.90 Å². The molecule has 0 aromatic carbocycles. The molecule has 0 saturated carbocycles. The number of ether oxygens (including phenoxy) is 1. The molecule has 0 spiro atoms. The highest BCUT2D eigenvalue weighted by atomic mass is 16.5. The molecule has 0 unspecified atom stereocenters. The summed E-state index contributed by atoms with van der Waals surface area (Å²) in [6.45, 7) is 6.85. The van der Waals surface area contributed by atoms with E-state index in [1.807, 2.05) is 20.8 Å². The lowest BCUT2D eigenvalue weighted by atomic mass is 10.3. The van der Waals surface area contributed by atoms with Crippen molar-refractivity contribution in [1.29, 1.82) is 0 Å². The van der Waals surface area contributed by atoms with Crippen LogP contribution in [0.3, 0.4) is 0 Å². The number of nitrogens with zero attached hydrogens (tertiary/aromatic N) is 1. The smallest absolute Gasteiger partial charge is 0.305 e. The molecule has 0 fully saturated rings. The first kappa shape index (κ1) is 14.9. The second-order valence-corrected chi connectivity index (χ2v) is 3.79. The van der Waals surface area contributed by atoms with Crippen molar-refractivity contribution < 1.29 is 19.4 Å². The van der Waals surface area contributed by atoms with E-state index >= 15 is 0 Å². The predicted molar refractivity (Wildman–Crippen MR) is 60.2 cm³/mol. The van der Waals surface area contributed by atoms with E-state index in [0.717, 1.165) is 0 Å². The molecule has 0 bridgehead atoms. The van der Waals surface area contributed by atoms with Crippen LogP contribution in [0.15, 0.2) is 0 Å². The number of hydrogen-bond donors (Lipinski definition) is 1. The van der Waals surface area contributed by atoms with E-state index in [1.54, 1.807) is 0 Å². The molecular formula is C11H21NO4. The third kappa shape index (κ3) is 7.23. The molecule has 16 heavy (non-hydrogen) atoms. The van der Waals surface area contributed by atoms with Gasteiger partial charge < -0.3 is 14.7 Å². The topological polar surface area (TPSA) is 66.8 Å². The zero-order chi connectivity index (χ0) is 12.6. The number of carbonyl (C=O) groups excluding carboxylic acids is 1. The van der Waals surface area contributed by atoms with Gasteiger partial charge in [0, 0.05) is 13.1 Å². The number of carbonyl (C=O) groups is 2. The van der Waals surface area contributed by atoms with Gasteiger partial charge in [0.15, 0.2) is 0 Å². The molecule has 0 rings (SSSR count). The van der Waals surface area contributed by atoms with E-state index in [1.165, 1.54) is 4.90 Å². The number of carboxylic acids is 1. The van der Waals surface area contributed by atoms with Gasteiger partial charge in [0.1, 0.15) is 0 Å². The van der Waals surface area contributed by atoms with Crippen LogP contribution in [0.2, 0.25) is 0 Å². The molecule has 94 valence electrons. The minimum absolute atomic E-state index is 0.00931. The first-order chi connectivity index (χ1) is 7.47. The van der Waals surface area contributed by atoms with Crippen molar-refractivity contribution in [3.8, 4) is 0 Å². The van der Waals surface area contributed by atoms with Crippen LogP contribution in [0.4, 0.5) is 0 Å². The van der Waals surface area contributed by atoms with Crippen molar-refractivity contribution >= 4 is 11.9 Å². The Hall–Kier alpha value is -1.10. The minimum Gasteiger partial charge on any atom is -0.481 e. The number of amides is 1. The van der Waals surface area contributed by atoms with Gasteiger partial charge in [-0.15, -0.1) is 0 Å². The van der Waals surface area contributed by atoms with Crippen molar-refractivity contribution in [3.63, 3.8) is 0 Å². The van der Waals surface area contributed by atoms with Gasteiger partial charge in [0.05, 0.1) is 25.6 Å². The number of aliphatic carboxylic acids is 1. The third-order valence-corrected chi connectivity index (χ3v) is 2.10. The van der Waals surface area contributed by atoms with Gasteiger partial charge in [-0.3, -0.25) is 9.59 Å². The Morgan fingerprint density at radius 1 is 1.31 bits per heavy atom. The molecule has 0 saturated heterocycles. The summed E-state index contributed by atoms with van der Waals surface area (Å²) in [5.74, 6) is -0.936. The third-order valence-electron chi connectivity index (χ3n) is 2.10. The molecule has 0 aliphatic rings. The summed E-state index contributed by atoms with van der Waals surface area (Å²) in [5, 5.41) is 8.53. The molecule has 0 heterocycles. The molecule has 1 N–H and O–H groups in total. The Kier molecular flexibility index (Phi) is 7.54. The Morgan fingerprint density at radius 3 is 2.38 bits per heavy atom. The lowest BCUT2D eigenvalue weighted by Crippen LogP contribution is -2.33. The van der Waals surface area contributed by atoms with Gasteiger partial charge in [-0.1, -0.05) is 0 Å². The largest absolute Gasteiger partial charge is 0.481 e. The van der Waals surface area contributed by atoms with Gasteiger partial charge in [-0.25, -0.2) is 0 Å². The van der Waals surface area contributed by atoms with E-state index in [4.69, 9.17) is 9.84 Å². The van der Waals surface area contributed by atoms with Gasteiger partial charge >= 0.3 is 5.97 Å². The maximum atomic E-state index is 11.6. The second-order valence-electron chi connectivity index (χ2n) is 3.79. The molecule has 0 radical (unpaired) electrons. The minimum atomic E-state index is -0.885. The molecule has 0 aromatic heterocycles. The first-order valence-corrected chi connectivity index (χ1v) is 5.58. The summed E-state index contributed by atoms with van der Waals surface area (Å²) in [6.07, 6.45) is 0.415. The van der Waals surface area contributed by atoms with Gasteiger partial charge in [0.25, 0.3) is 0 Å². The first-order valence-electron chi connectivity index (χ1n) is 5.58. The maximum Gasteiger partial charge on any atom is 0.305 e. The number of rotatable bonds is 8. The number of hydrogen-bond acceptors (Lipinski definition) is 3. The summed E-state index contributed by atoms with van der Waals surface area (Å²) in [5.41, 5.74) is 0.